The van der Waals surface area contributed by atoms with E-state index in [4.69, 9.17) is 9.47 Å². The van der Waals surface area contributed by atoms with Gasteiger partial charge in [-0.15, -0.1) is 0 Å². The molecule has 2 unspecified atom stereocenters. The first kappa shape index (κ1) is 15.4. The van der Waals surface area contributed by atoms with Crippen LogP contribution >= 0.6 is 0 Å². The van der Waals surface area contributed by atoms with E-state index in [1.165, 1.54) is 11.1 Å². The van der Waals surface area contributed by atoms with Gasteiger partial charge in [-0.05, 0) is 59.0 Å². The summed E-state index contributed by atoms with van der Waals surface area (Å²) in [6.07, 6.45) is 1.85. The molecular weight excluding hydrogens is 338 g/mol. The Balaban J connectivity index is 1.56. The first-order chi connectivity index (χ1) is 12.2. The highest BCUT2D eigenvalue weighted by atomic mass is 32.2. The monoisotopic (exact) mass is 356 g/mol. The van der Waals surface area contributed by atoms with Gasteiger partial charge in [-0.3, -0.25) is 4.21 Å². The lowest BCUT2D eigenvalue weighted by molar-refractivity contribution is 0.0827. The zero-order valence-electron chi connectivity index (χ0n) is 13.6. The average Bonchev–Trinajstić information content (AvgIpc) is 3.29. The van der Waals surface area contributed by atoms with Crippen LogP contribution in [0, 0.1) is 5.92 Å². The highest BCUT2D eigenvalue weighted by Crippen LogP contribution is 2.50. The molecular formula is C19H18NO4S-. The summed E-state index contributed by atoms with van der Waals surface area (Å²) in [4.78, 5) is 0.308. The predicted octanol–water partition coefficient (Wildman–Crippen LogP) is 3.10. The number of nitrogens with one attached hydrogen (secondary N) is 1. The van der Waals surface area contributed by atoms with Gasteiger partial charge in [-0.25, -0.2) is 0 Å². The van der Waals surface area contributed by atoms with Gasteiger partial charge in [-0.2, -0.15) is 0 Å². The second kappa shape index (κ2) is 5.83. The highest BCUT2D eigenvalue weighted by Gasteiger charge is 2.41. The van der Waals surface area contributed by atoms with Crippen molar-refractivity contribution in [3.05, 3.63) is 53.1 Å². The van der Waals surface area contributed by atoms with Gasteiger partial charge in [0.25, 0.3) is 0 Å². The van der Waals surface area contributed by atoms with E-state index in [-0.39, 0.29) is 12.1 Å². The van der Waals surface area contributed by atoms with Crippen molar-refractivity contribution in [3.63, 3.8) is 0 Å². The average molecular weight is 356 g/mol. The largest absolute Gasteiger partial charge is 0.768 e. The maximum Gasteiger partial charge on any atom is 0.122 e. The van der Waals surface area contributed by atoms with Crippen LogP contribution in [0.15, 0.2) is 41.3 Å². The molecule has 5 rings (SSSR count). The number of anilines is 1. The molecule has 0 aromatic heterocycles. The van der Waals surface area contributed by atoms with Gasteiger partial charge in [-0.1, -0.05) is 6.07 Å². The minimum atomic E-state index is -2.23. The van der Waals surface area contributed by atoms with Gasteiger partial charge in [0.15, 0.2) is 0 Å². The summed E-state index contributed by atoms with van der Waals surface area (Å²) >= 11 is -2.23. The van der Waals surface area contributed by atoms with Crippen LogP contribution in [0.5, 0.6) is 5.75 Å². The molecule has 0 amide bonds. The summed E-state index contributed by atoms with van der Waals surface area (Å²) in [5.74, 6) is 1.28. The van der Waals surface area contributed by atoms with Crippen molar-refractivity contribution < 1.29 is 18.2 Å². The molecule has 0 radical (unpaired) electrons. The van der Waals surface area contributed by atoms with Crippen molar-refractivity contribution in [1.29, 1.82) is 0 Å². The van der Waals surface area contributed by atoms with E-state index >= 15 is 0 Å². The van der Waals surface area contributed by atoms with Crippen LogP contribution in [0.2, 0.25) is 0 Å². The van der Waals surface area contributed by atoms with E-state index in [9.17, 15) is 8.76 Å². The summed E-state index contributed by atoms with van der Waals surface area (Å²) in [6, 6.07) is 11.8. The van der Waals surface area contributed by atoms with E-state index in [0.717, 1.165) is 36.4 Å². The Kier molecular flexibility index (Phi) is 3.58. The molecule has 1 fully saturated rings. The van der Waals surface area contributed by atoms with Crippen LogP contribution in [-0.2, 0) is 22.2 Å². The normalized spacial score (nSPS) is 27.6. The van der Waals surface area contributed by atoms with Gasteiger partial charge in [0, 0.05) is 35.1 Å². The third-order valence-electron chi connectivity index (χ3n) is 5.47. The maximum absolute atomic E-state index is 11.3. The fraction of sp³-hybridized carbons (Fsp3) is 0.368. The van der Waals surface area contributed by atoms with Crippen molar-refractivity contribution in [2.45, 2.75) is 29.9 Å². The fourth-order valence-corrected chi connectivity index (χ4v) is 4.69. The molecule has 2 aromatic rings. The van der Waals surface area contributed by atoms with Gasteiger partial charge in [0.05, 0.1) is 18.8 Å². The summed E-state index contributed by atoms with van der Waals surface area (Å²) in [6.45, 7) is 1.45. The van der Waals surface area contributed by atoms with Crippen LogP contribution in [-0.4, -0.2) is 22.0 Å². The summed E-state index contributed by atoms with van der Waals surface area (Å²) in [5.41, 5.74) is 4.41. The molecule has 25 heavy (non-hydrogen) atoms. The molecule has 4 atom stereocenters. The van der Waals surface area contributed by atoms with E-state index in [1.54, 1.807) is 12.1 Å². The summed E-state index contributed by atoms with van der Waals surface area (Å²) < 4.78 is 34.2. The molecule has 0 spiro atoms. The Morgan fingerprint density at radius 3 is 2.96 bits per heavy atom. The lowest BCUT2D eigenvalue weighted by Crippen LogP contribution is -2.29. The fourth-order valence-electron chi connectivity index (χ4n) is 4.28. The highest BCUT2D eigenvalue weighted by molar-refractivity contribution is 7.79. The molecule has 2 aromatic carbocycles. The standard InChI is InChI=1S/C19H19NO4S/c21-25(22)13-2-3-16-15(10-13)19-14(6-8-24-19)18(20-16)12-1-4-17-11(9-12)5-7-23-17/h1-4,9-10,14,18-20H,5-8H2,(H,21,22)/p-1/t14-,18?,19-/m0/s1. The first-order valence-electron chi connectivity index (χ1n) is 8.58. The van der Waals surface area contributed by atoms with Crippen molar-refractivity contribution >= 4 is 16.8 Å². The molecule has 130 valence electrons. The molecule has 1 N–H and O–H groups in total. The molecule has 3 aliphatic rings. The molecule has 1 saturated heterocycles. The molecule has 3 heterocycles. The number of hydrogen-bond donors (Lipinski definition) is 1. The zero-order chi connectivity index (χ0) is 17.0. The SMILES string of the molecule is O=S([O-])c1ccc2c(c1)[C@H]1OCC[C@H]1C(c1ccc3c(c1)CCO3)N2. The Morgan fingerprint density at radius 2 is 2.08 bits per heavy atom. The van der Waals surface area contributed by atoms with Gasteiger partial charge in [0.1, 0.15) is 5.75 Å². The Labute approximate surface area is 148 Å². The number of hydrogen-bond acceptors (Lipinski definition) is 5. The first-order valence-corrected chi connectivity index (χ1v) is 9.65. The minimum absolute atomic E-state index is 0.0609. The lowest BCUT2D eigenvalue weighted by Gasteiger charge is -2.37. The quantitative estimate of drug-likeness (QED) is 0.837. The molecule has 0 bridgehead atoms. The number of benzene rings is 2. The molecule has 0 aliphatic carbocycles. The van der Waals surface area contributed by atoms with Crippen molar-refractivity contribution in [2.24, 2.45) is 5.92 Å². The van der Waals surface area contributed by atoms with Gasteiger partial charge >= 0.3 is 0 Å². The Morgan fingerprint density at radius 1 is 1.16 bits per heavy atom. The molecule has 0 saturated carbocycles. The summed E-state index contributed by atoms with van der Waals surface area (Å²) in [5, 5.41) is 3.62. The van der Waals surface area contributed by atoms with Crippen LogP contribution in [0.3, 0.4) is 0 Å². The smallest absolute Gasteiger partial charge is 0.122 e. The molecule has 3 aliphatic heterocycles. The van der Waals surface area contributed by atoms with Crippen molar-refractivity contribution in [3.8, 4) is 5.75 Å². The van der Waals surface area contributed by atoms with E-state index in [1.807, 2.05) is 6.07 Å². The van der Waals surface area contributed by atoms with E-state index in [0.29, 0.717) is 17.4 Å². The molecule has 6 heteroatoms. The predicted molar refractivity (Wildman–Crippen MR) is 92.4 cm³/mol. The number of rotatable bonds is 2. The second-order valence-corrected chi connectivity index (χ2v) is 7.76. The van der Waals surface area contributed by atoms with Crippen molar-refractivity contribution in [2.75, 3.05) is 18.5 Å². The second-order valence-electron chi connectivity index (χ2n) is 6.82. The Hall–Kier alpha value is -1.89. The summed E-state index contributed by atoms with van der Waals surface area (Å²) in [7, 11) is 0. The third kappa shape index (κ3) is 2.47. The number of ether oxygens (including phenoxy) is 2. The van der Waals surface area contributed by atoms with E-state index < -0.39 is 11.1 Å². The van der Waals surface area contributed by atoms with Gasteiger partial charge in [0.2, 0.25) is 0 Å². The number of fused-ring (bicyclic) bond motifs is 4. The van der Waals surface area contributed by atoms with Crippen LogP contribution in [0.25, 0.3) is 0 Å². The van der Waals surface area contributed by atoms with Crippen LogP contribution in [0.1, 0.15) is 35.3 Å². The Bertz CT molecular complexity index is 868. The maximum atomic E-state index is 11.3. The molecule has 5 nitrogen and oxygen atoms in total. The minimum Gasteiger partial charge on any atom is -0.768 e. The topological polar surface area (TPSA) is 70.6 Å². The van der Waals surface area contributed by atoms with Gasteiger partial charge < -0.3 is 19.3 Å². The van der Waals surface area contributed by atoms with E-state index in [2.05, 4.69) is 23.5 Å². The third-order valence-corrected chi connectivity index (χ3v) is 6.11. The zero-order valence-corrected chi connectivity index (χ0v) is 14.4. The lowest BCUT2D eigenvalue weighted by atomic mass is 9.80. The van der Waals surface area contributed by atoms with Crippen molar-refractivity contribution in [1.82, 2.24) is 0 Å². The van der Waals surface area contributed by atoms with Crippen LogP contribution in [0.4, 0.5) is 5.69 Å². The van der Waals surface area contributed by atoms with Crippen LogP contribution < -0.4 is 10.1 Å².